The van der Waals surface area contributed by atoms with Gasteiger partial charge in [0.2, 0.25) is 0 Å². The Bertz CT molecular complexity index is 424. The lowest BCUT2D eigenvalue weighted by molar-refractivity contribution is -0.151. The minimum atomic E-state index is -0.280. The Kier molecular flexibility index (Phi) is 3.99. The minimum absolute atomic E-state index is 0.00415. The topological polar surface area (TPSA) is 55.8 Å². The predicted octanol–water partition coefficient (Wildman–Crippen LogP) is 1.40. The fourth-order valence-corrected chi connectivity index (χ4v) is 2.21. The second-order valence-electron chi connectivity index (χ2n) is 4.61. The molecule has 1 aliphatic rings. The third kappa shape index (κ3) is 2.54. The molecule has 1 fully saturated rings. The molecule has 98 valence electrons. The van der Waals surface area contributed by atoms with Gasteiger partial charge in [0.15, 0.2) is 0 Å². The van der Waals surface area contributed by atoms with Gasteiger partial charge in [-0.1, -0.05) is 24.3 Å². The molecule has 0 aromatic heterocycles. The minimum Gasteiger partial charge on any atom is -0.466 e. The molecule has 1 heterocycles. The molecule has 2 rings (SSSR count). The number of hydrogen-bond donors (Lipinski definition) is 1. The highest BCUT2D eigenvalue weighted by molar-refractivity contribution is 5.72. The standard InChI is InChI=1S/C14H18O4/c1-2-18-13(16)7-14(9-17-10-14)12-5-3-4-11(6-12)8-15/h3-6,15H,2,7-10H2,1H3. The van der Waals surface area contributed by atoms with E-state index in [1.165, 1.54) is 0 Å². The summed E-state index contributed by atoms with van der Waals surface area (Å²) in [6.07, 6.45) is 0.329. The van der Waals surface area contributed by atoms with Gasteiger partial charge in [-0.15, -0.1) is 0 Å². The maximum atomic E-state index is 11.7. The number of rotatable bonds is 5. The molecular formula is C14H18O4. The third-order valence-electron chi connectivity index (χ3n) is 3.27. The van der Waals surface area contributed by atoms with Gasteiger partial charge in [-0.25, -0.2) is 0 Å². The summed E-state index contributed by atoms with van der Waals surface area (Å²) in [5, 5.41) is 9.16. The van der Waals surface area contributed by atoms with E-state index in [0.717, 1.165) is 11.1 Å². The number of ether oxygens (including phenoxy) is 2. The monoisotopic (exact) mass is 250 g/mol. The maximum Gasteiger partial charge on any atom is 0.306 e. The summed E-state index contributed by atoms with van der Waals surface area (Å²) in [6.45, 7) is 3.26. The van der Waals surface area contributed by atoms with Gasteiger partial charge in [0.1, 0.15) is 0 Å². The van der Waals surface area contributed by atoms with Crippen LogP contribution in [0.2, 0.25) is 0 Å². The third-order valence-corrected chi connectivity index (χ3v) is 3.27. The number of carbonyl (C=O) groups is 1. The lowest BCUT2D eigenvalue weighted by Gasteiger charge is -2.41. The maximum absolute atomic E-state index is 11.7. The first-order valence-corrected chi connectivity index (χ1v) is 6.14. The van der Waals surface area contributed by atoms with Crippen LogP contribution >= 0.6 is 0 Å². The highest BCUT2D eigenvalue weighted by Gasteiger charge is 2.42. The van der Waals surface area contributed by atoms with Crippen LogP contribution in [0, 0.1) is 0 Å². The summed E-state index contributed by atoms with van der Waals surface area (Å²) in [7, 11) is 0. The van der Waals surface area contributed by atoms with Crippen molar-refractivity contribution in [2.75, 3.05) is 19.8 Å². The number of aliphatic hydroxyl groups excluding tert-OH is 1. The lowest BCUT2D eigenvalue weighted by atomic mass is 9.75. The molecule has 1 N–H and O–H groups in total. The SMILES string of the molecule is CCOC(=O)CC1(c2cccc(CO)c2)COC1. The van der Waals surface area contributed by atoms with Crippen LogP contribution in [0.15, 0.2) is 24.3 Å². The zero-order chi connectivity index (χ0) is 13.0. The van der Waals surface area contributed by atoms with Crippen molar-refractivity contribution in [1.82, 2.24) is 0 Å². The average molecular weight is 250 g/mol. The van der Waals surface area contributed by atoms with Crippen LogP contribution in [0.3, 0.4) is 0 Å². The Balaban J connectivity index is 2.18. The number of aliphatic hydroxyl groups is 1. The van der Waals surface area contributed by atoms with Crippen LogP contribution in [0.1, 0.15) is 24.5 Å². The molecule has 0 spiro atoms. The van der Waals surface area contributed by atoms with E-state index in [9.17, 15) is 4.79 Å². The fourth-order valence-electron chi connectivity index (χ4n) is 2.21. The zero-order valence-corrected chi connectivity index (χ0v) is 10.5. The Morgan fingerprint density at radius 1 is 1.50 bits per heavy atom. The molecule has 0 radical (unpaired) electrons. The quantitative estimate of drug-likeness (QED) is 0.803. The van der Waals surface area contributed by atoms with Crippen molar-refractivity contribution in [2.45, 2.75) is 25.4 Å². The van der Waals surface area contributed by atoms with Crippen molar-refractivity contribution in [3.63, 3.8) is 0 Å². The molecule has 0 atom stereocenters. The summed E-state index contributed by atoms with van der Waals surface area (Å²) in [6, 6.07) is 7.66. The van der Waals surface area contributed by atoms with Crippen LogP contribution < -0.4 is 0 Å². The van der Waals surface area contributed by atoms with Gasteiger partial charge < -0.3 is 14.6 Å². The summed E-state index contributed by atoms with van der Waals surface area (Å²) in [5.41, 5.74) is 1.60. The number of hydrogen-bond acceptors (Lipinski definition) is 4. The van der Waals surface area contributed by atoms with E-state index >= 15 is 0 Å². The average Bonchev–Trinajstić information content (AvgIpc) is 2.34. The van der Waals surface area contributed by atoms with Crippen LogP contribution in [0.4, 0.5) is 0 Å². The number of esters is 1. The Morgan fingerprint density at radius 3 is 2.83 bits per heavy atom. The smallest absolute Gasteiger partial charge is 0.306 e. The molecule has 1 aromatic rings. The van der Waals surface area contributed by atoms with Crippen LogP contribution in [0.5, 0.6) is 0 Å². The molecule has 0 aliphatic carbocycles. The number of benzene rings is 1. The van der Waals surface area contributed by atoms with E-state index < -0.39 is 0 Å². The van der Waals surface area contributed by atoms with Gasteiger partial charge in [0, 0.05) is 0 Å². The van der Waals surface area contributed by atoms with Gasteiger partial charge in [0.25, 0.3) is 0 Å². The van der Waals surface area contributed by atoms with E-state index in [1.54, 1.807) is 6.92 Å². The van der Waals surface area contributed by atoms with Crippen molar-refractivity contribution in [1.29, 1.82) is 0 Å². The van der Waals surface area contributed by atoms with Crippen molar-refractivity contribution in [3.05, 3.63) is 35.4 Å². The molecule has 0 unspecified atom stereocenters. The first-order chi connectivity index (χ1) is 8.70. The molecule has 18 heavy (non-hydrogen) atoms. The molecule has 1 saturated heterocycles. The zero-order valence-electron chi connectivity index (χ0n) is 10.5. The molecule has 4 nitrogen and oxygen atoms in total. The van der Waals surface area contributed by atoms with Crippen molar-refractivity contribution < 1.29 is 19.4 Å². The van der Waals surface area contributed by atoms with Crippen molar-refractivity contribution in [2.24, 2.45) is 0 Å². The van der Waals surface area contributed by atoms with E-state index in [1.807, 2.05) is 24.3 Å². The van der Waals surface area contributed by atoms with Gasteiger partial charge in [-0.2, -0.15) is 0 Å². The molecule has 0 saturated carbocycles. The molecular weight excluding hydrogens is 232 g/mol. The van der Waals surface area contributed by atoms with Crippen LogP contribution in [-0.2, 0) is 26.3 Å². The Labute approximate surface area is 107 Å². The Morgan fingerprint density at radius 2 is 2.28 bits per heavy atom. The number of carbonyl (C=O) groups excluding carboxylic acids is 1. The van der Waals surface area contributed by atoms with E-state index in [4.69, 9.17) is 14.6 Å². The summed E-state index contributed by atoms with van der Waals surface area (Å²) < 4.78 is 10.3. The summed E-state index contributed by atoms with van der Waals surface area (Å²) in [5.74, 6) is -0.199. The molecule has 0 amide bonds. The second-order valence-corrected chi connectivity index (χ2v) is 4.61. The fraction of sp³-hybridized carbons (Fsp3) is 0.500. The highest BCUT2D eigenvalue weighted by atomic mass is 16.5. The van der Waals surface area contributed by atoms with Crippen LogP contribution in [-0.4, -0.2) is 30.9 Å². The van der Waals surface area contributed by atoms with Crippen LogP contribution in [0.25, 0.3) is 0 Å². The van der Waals surface area contributed by atoms with E-state index in [-0.39, 0.29) is 18.0 Å². The normalized spacial score (nSPS) is 17.0. The van der Waals surface area contributed by atoms with Gasteiger partial charge in [-0.05, 0) is 18.1 Å². The largest absolute Gasteiger partial charge is 0.466 e. The molecule has 4 heteroatoms. The summed E-state index contributed by atoms with van der Waals surface area (Å²) >= 11 is 0. The van der Waals surface area contributed by atoms with Crippen molar-refractivity contribution in [3.8, 4) is 0 Å². The first-order valence-electron chi connectivity index (χ1n) is 6.14. The summed E-state index contributed by atoms with van der Waals surface area (Å²) in [4.78, 5) is 11.7. The van der Waals surface area contributed by atoms with Gasteiger partial charge in [0.05, 0.1) is 38.3 Å². The molecule has 1 aromatic carbocycles. The molecule has 1 aliphatic heterocycles. The van der Waals surface area contributed by atoms with E-state index in [2.05, 4.69) is 0 Å². The predicted molar refractivity (Wildman–Crippen MR) is 66.1 cm³/mol. The van der Waals surface area contributed by atoms with Gasteiger partial charge >= 0.3 is 5.97 Å². The highest BCUT2D eigenvalue weighted by Crippen LogP contribution is 2.36. The van der Waals surface area contributed by atoms with E-state index in [0.29, 0.717) is 26.2 Å². The lowest BCUT2D eigenvalue weighted by Crippen LogP contribution is -2.48. The van der Waals surface area contributed by atoms with Crippen molar-refractivity contribution >= 4 is 5.97 Å². The van der Waals surface area contributed by atoms with Gasteiger partial charge in [-0.3, -0.25) is 4.79 Å². The second kappa shape index (κ2) is 5.50. The first kappa shape index (κ1) is 13.1. The Hall–Kier alpha value is -1.39. The molecule has 0 bridgehead atoms.